The number of hydrogen-bond donors (Lipinski definition) is 0. The molecule has 0 aromatic rings. The molecule has 0 aliphatic rings. The van der Waals surface area contributed by atoms with E-state index < -0.39 is 0 Å². The van der Waals surface area contributed by atoms with E-state index in [9.17, 15) is 0 Å². The third-order valence-electron chi connectivity index (χ3n) is 2.41. The maximum Gasteiger partial charge on any atom is -0.0353 e. The van der Waals surface area contributed by atoms with Gasteiger partial charge in [0.05, 0.1) is 0 Å². The fourth-order valence-electron chi connectivity index (χ4n) is 1.48. The van der Waals surface area contributed by atoms with Gasteiger partial charge in [0.1, 0.15) is 0 Å². The predicted molar refractivity (Wildman–Crippen MR) is 66.3 cm³/mol. The van der Waals surface area contributed by atoms with Crippen molar-refractivity contribution in [1.29, 1.82) is 0 Å². The van der Waals surface area contributed by atoms with Crippen molar-refractivity contribution in [3.8, 4) is 0 Å². The minimum atomic E-state index is 1.25. The minimum Gasteiger partial charge on any atom is -0.122 e. The molecule has 0 aromatic carbocycles. The van der Waals surface area contributed by atoms with Crippen LogP contribution in [0.4, 0.5) is 0 Å². The van der Waals surface area contributed by atoms with Crippen LogP contribution in [0.3, 0.4) is 0 Å². The molecule has 0 spiro atoms. The van der Waals surface area contributed by atoms with Gasteiger partial charge in [0.25, 0.3) is 0 Å². The van der Waals surface area contributed by atoms with Gasteiger partial charge in [0, 0.05) is 0 Å². The van der Waals surface area contributed by atoms with Gasteiger partial charge in [0.15, 0.2) is 0 Å². The van der Waals surface area contributed by atoms with Crippen LogP contribution in [0.15, 0.2) is 0 Å². The summed E-state index contributed by atoms with van der Waals surface area (Å²) in [6.07, 6.45) is 14.6. The van der Waals surface area contributed by atoms with Crippen LogP contribution in [-0.4, -0.2) is 12.3 Å². The highest BCUT2D eigenvalue weighted by Gasteiger charge is 1.90. The van der Waals surface area contributed by atoms with E-state index in [2.05, 4.69) is 13.8 Å². The number of rotatable bonds is 10. The summed E-state index contributed by atoms with van der Waals surface area (Å²) in [6.45, 7) is 4.57. The quantitative estimate of drug-likeness (QED) is 0.352. The average molecular weight is 202 g/mol. The van der Waals surface area contributed by atoms with E-state index in [1.807, 2.05) is 0 Å². The monoisotopic (exact) mass is 202 g/mol. The van der Waals surface area contributed by atoms with E-state index in [-0.39, 0.29) is 0 Å². The lowest BCUT2D eigenvalue weighted by molar-refractivity contribution is 0.698. The summed E-state index contributed by atoms with van der Waals surface area (Å²) in [5.74, 6) is 0. The maximum atomic E-state index is 2.28. The molecule has 0 nitrogen and oxygen atoms in total. The van der Waals surface area contributed by atoms with Gasteiger partial charge >= 0.3 is 0 Å². The summed E-state index contributed by atoms with van der Waals surface area (Å²) in [6, 6.07) is 0. The highest BCUT2D eigenvalue weighted by atomic mass is 31.1. The van der Waals surface area contributed by atoms with Crippen molar-refractivity contribution in [2.75, 3.05) is 12.3 Å². The Bertz CT molecular complexity index is 71.2. The first kappa shape index (κ1) is 13.4. The zero-order chi connectivity index (χ0) is 9.78. The van der Waals surface area contributed by atoms with Crippen molar-refractivity contribution in [2.24, 2.45) is 0 Å². The molecule has 0 N–H and O–H groups in total. The van der Waals surface area contributed by atoms with Crippen LogP contribution in [0.1, 0.15) is 65.2 Å². The van der Waals surface area contributed by atoms with Gasteiger partial charge in [-0.05, 0) is 25.2 Å². The van der Waals surface area contributed by atoms with Gasteiger partial charge in [-0.25, -0.2) is 0 Å². The summed E-state index contributed by atoms with van der Waals surface area (Å²) in [5, 5.41) is 0. The molecule has 0 fully saturated rings. The van der Waals surface area contributed by atoms with E-state index in [1.54, 1.807) is 0 Å². The highest BCUT2D eigenvalue weighted by molar-refractivity contribution is 7.37. The van der Waals surface area contributed by atoms with Crippen molar-refractivity contribution < 1.29 is 0 Å². The molecule has 0 atom stereocenters. The first-order valence-electron chi connectivity index (χ1n) is 6.12. The second kappa shape index (κ2) is 12.4. The summed E-state index contributed by atoms with van der Waals surface area (Å²) >= 11 is 0. The van der Waals surface area contributed by atoms with Gasteiger partial charge in [-0.2, -0.15) is 0 Å². The molecule has 0 rings (SSSR count). The van der Waals surface area contributed by atoms with Crippen LogP contribution >= 0.6 is 8.58 Å². The molecule has 0 aliphatic heterocycles. The molecule has 80 valence electrons. The molecule has 0 aliphatic carbocycles. The SMILES string of the molecule is CCCCCCPCCCCCC. The summed E-state index contributed by atoms with van der Waals surface area (Å²) in [5.41, 5.74) is 0. The maximum absolute atomic E-state index is 2.28. The second-order valence-corrected chi connectivity index (χ2v) is 5.37. The van der Waals surface area contributed by atoms with Crippen molar-refractivity contribution in [1.82, 2.24) is 0 Å². The van der Waals surface area contributed by atoms with E-state index in [1.165, 1.54) is 72.3 Å². The normalized spacial score (nSPS) is 10.6. The zero-order valence-electron chi connectivity index (χ0n) is 9.57. The Kier molecular flexibility index (Phi) is 12.8. The Hall–Kier alpha value is 0.430. The third-order valence-corrected chi connectivity index (χ3v) is 3.83. The smallest absolute Gasteiger partial charge is 0.0353 e. The molecule has 0 bridgehead atoms. The van der Waals surface area contributed by atoms with Crippen LogP contribution in [0.2, 0.25) is 0 Å². The highest BCUT2D eigenvalue weighted by Crippen LogP contribution is 2.16. The topological polar surface area (TPSA) is 0 Å². The molecule has 0 amide bonds. The molecule has 13 heavy (non-hydrogen) atoms. The standard InChI is InChI=1S/C12H27P/c1-3-5-7-9-11-13-12-10-8-6-4-2/h13H,3-12H2,1-2H3. The summed E-state index contributed by atoms with van der Waals surface area (Å²) in [4.78, 5) is 0. The van der Waals surface area contributed by atoms with Crippen molar-refractivity contribution in [3.63, 3.8) is 0 Å². The first-order chi connectivity index (χ1) is 6.41. The fourth-order valence-corrected chi connectivity index (χ4v) is 2.73. The van der Waals surface area contributed by atoms with Gasteiger partial charge in [-0.1, -0.05) is 52.4 Å². The number of hydrogen-bond acceptors (Lipinski definition) is 0. The molecule has 0 radical (unpaired) electrons. The molecular weight excluding hydrogens is 175 g/mol. The van der Waals surface area contributed by atoms with E-state index in [0.717, 1.165) is 0 Å². The lowest BCUT2D eigenvalue weighted by Gasteiger charge is -2.01. The molecule has 0 unspecified atom stereocenters. The van der Waals surface area contributed by atoms with Crippen LogP contribution in [0.5, 0.6) is 0 Å². The zero-order valence-corrected chi connectivity index (χ0v) is 10.6. The van der Waals surface area contributed by atoms with Crippen molar-refractivity contribution in [3.05, 3.63) is 0 Å². The second-order valence-electron chi connectivity index (χ2n) is 3.87. The van der Waals surface area contributed by atoms with E-state index in [0.29, 0.717) is 0 Å². The largest absolute Gasteiger partial charge is 0.122 e. The van der Waals surface area contributed by atoms with Gasteiger partial charge in [-0.3, -0.25) is 0 Å². The molecule has 0 heterocycles. The summed E-state index contributed by atoms with van der Waals surface area (Å²) < 4.78 is 0. The van der Waals surface area contributed by atoms with Crippen molar-refractivity contribution >= 4 is 8.58 Å². The Balaban J connectivity index is 2.76. The Labute approximate surface area is 86.7 Å². The van der Waals surface area contributed by atoms with Crippen LogP contribution in [0, 0.1) is 0 Å². The van der Waals surface area contributed by atoms with Crippen LogP contribution < -0.4 is 0 Å². The van der Waals surface area contributed by atoms with E-state index >= 15 is 0 Å². The van der Waals surface area contributed by atoms with Gasteiger partial charge < -0.3 is 0 Å². The molecule has 0 aromatic heterocycles. The Morgan fingerprint density at radius 1 is 0.615 bits per heavy atom. The molecule has 1 heteroatoms. The van der Waals surface area contributed by atoms with Gasteiger partial charge in [-0.15, -0.1) is 8.58 Å². The average Bonchev–Trinajstić information content (AvgIpc) is 2.16. The Morgan fingerprint density at radius 3 is 1.46 bits per heavy atom. The van der Waals surface area contributed by atoms with Gasteiger partial charge in [0.2, 0.25) is 0 Å². The molecule has 0 saturated heterocycles. The fraction of sp³-hybridized carbons (Fsp3) is 1.00. The predicted octanol–water partition coefficient (Wildman–Crippen LogP) is 4.83. The van der Waals surface area contributed by atoms with Crippen molar-refractivity contribution in [2.45, 2.75) is 65.2 Å². The minimum absolute atomic E-state index is 1.25. The number of unbranched alkanes of at least 4 members (excludes halogenated alkanes) is 6. The molecular formula is C12H27P. The van der Waals surface area contributed by atoms with Crippen LogP contribution in [-0.2, 0) is 0 Å². The van der Waals surface area contributed by atoms with Crippen LogP contribution in [0.25, 0.3) is 0 Å². The lowest BCUT2D eigenvalue weighted by Crippen LogP contribution is -1.83. The molecule has 0 saturated carbocycles. The van der Waals surface area contributed by atoms with E-state index in [4.69, 9.17) is 0 Å². The Morgan fingerprint density at radius 2 is 1.08 bits per heavy atom. The first-order valence-corrected chi connectivity index (χ1v) is 7.54. The summed E-state index contributed by atoms with van der Waals surface area (Å²) in [7, 11) is 1.25. The third kappa shape index (κ3) is 12.4. The lowest BCUT2D eigenvalue weighted by atomic mass is 10.2.